The van der Waals surface area contributed by atoms with E-state index in [1.54, 1.807) is 44.2 Å². The van der Waals surface area contributed by atoms with E-state index in [4.69, 9.17) is 11.6 Å². The van der Waals surface area contributed by atoms with Crippen molar-refractivity contribution in [3.8, 4) is 0 Å². The van der Waals surface area contributed by atoms with E-state index in [2.05, 4.69) is 5.32 Å². The van der Waals surface area contributed by atoms with E-state index in [-0.39, 0.29) is 23.3 Å². The number of carbonyl (C=O) groups is 2. The lowest BCUT2D eigenvalue weighted by Crippen LogP contribution is -2.51. The van der Waals surface area contributed by atoms with E-state index in [9.17, 15) is 18.0 Å². The summed E-state index contributed by atoms with van der Waals surface area (Å²) in [7, 11) is -4.14. The van der Waals surface area contributed by atoms with Gasteiger partial charge in [0, 0.05) is 18.1 Å². The number of rotatable bonds is 11. The molecule has 0 aliphatic carbocycles. The molecule has 2 amide bonds. The fourth-order valence-corrected chi connectivity index (χ4v) is 5.75. The molecule has 208 valence electrons. The molecule has 0 fully saturated rings. The van der Waals surface area contributed by atoms with Crippen LogP contribution in [0.2, 0.25) is 5.02 Å². The number of carbonyl (C=O) groups excluding carboxylic acids is 2. The first-order valence-electron chi connectivity index (χ1n) is 12.9. The summed E-state index contributed by atoms with van der Waals surface area (Å²) in [5.74, 6) is -0.578. The molecule has 0 aliphatic rings. The van der Waals surface area contributed by atoms with Gasteiger partial charge in [-0.15, -0.1) is 0 Å². The number of anilines is 1. The molecule has 0 aliphatic heterocycles. The van der Waals surface area contributed by atoms with Gasteiger partial charge in [0.25, 0.3) is 10.0 Å². The number of hydrogen-bond donors (Lipinski definition) is 1. The fourth-order valence-electron chi connectivity index (χ4n) is 4.09. The Morgan fingerprint density at radius 3 is 2.18 bits per heavy atom. The van der Waals surface area contributed by atoms with Gasteiger partial charge in [-0.3, -0.25) is 13.9 Å². The molecule has 0 unspecified atom stereocenters. The third kappa shape index (κ3) is 7.61. The van der Waals surface area contributed by atoms with Crippen molar-refractivity contribution in [2.75, 3.05) is 17.4 Å². The Morgan fingerprint density at radius 2 is 1.54 bits per heavy atom. The standard InChI is InChI=1S/C30H36ClN3O4S/c1-21(2)18-32-30(36)24(5)33(19-25-12-10-9-11-22(25)3)29(35)20-34(28-17-26(31)16-15-23(28)4)39(37,38)27-13-7-6-8-14-27/h6-17,21,24H,18-20H2,1-5H3,(H,32,36)/t24-/m0/s1. The average Bonchev–Trinajstić information content (AvgIpc) is 2.91. The van der Waals surface area contributed by atoms with Crippen molar-refractivity contribution < 1.29 is 18.0 Å². The predicted molar refractivity (Wildman–Crippen MR) is 156 cm³/mol. The molecule has 1 N–H and O–H groups in total. The summed E-state index contributed by atoms with van der Waals surface area (Å²) in [5.41, 5.74) is 2.77. The normalized spacial score (nSPS) is 12.2. The second-order valence-corrected chi connectivity index (χ2v) is 12.3. The topological polar surface area (TPSA) is 86.8 Å². The zero-order chi connectivity index (χ0) is 28.7. The van der Waals surface area contributed by atoms with Gasteiger partial charge in [0.1, 0.15) is 12.6 Å². The minimum absolute atomic E-state index is 0.0466. The number of halogens is 1. The molecule has 0 bridgehead atoms. The largest absolute Gasteiger partial charge is 0.354 e. The third-order valence-electron chi connectivity index (χ3n) is 6.50. The number of nitrogens with one attached hydrogen (secondary N) is 1. The van der Waals surface area contributed by atoms with Gasteiger partial charge in [0.15, 0.2) is 0 Å². The van der Waals surface area contributed by atoms with Crippen molar-refractivity contribution in [1.82, 2.24) is 10.2 Å². The second kappa shape index (κ2) is 13.1. The van der Waals surface area contributed by atoms with E-state index in [0.29, 0.717) is 22.8 Å². The summed E-state index contributed by atoms with van der Waals surface area (Å²) >= 11 is 6.26. The van der Waals surface area contributed by atoms with Gasteiger partial charge in [-0.2, -0.15) is 0 Å². The van der Waals surface area contributed by atoms with Crippen LogP contribution in [-0.4, -0.2) is 44.3 Å². The van der Waals surface area contributed by atoms with Crippen molar-refractivity contribution in [3.63, 3.8) is 0 Å². The van der Waals surface area contributed by atoms with E-state index in [1.165, 1.54) is 23.1 Å². The van der Waals surface area contributed by atoms with Crippen molar-refractivity contribution in [1.29, 1.82) is 0 Å². The molecule has 0 saturated carbocycles. The van der Waals surface area contributed by atoms with Crippen LogP contribution in [0.3, 0.4) is 0 Å². The van der Waals surface area contributed by atoms with E-state index >= 15 is 0 Å². The molecule has 3 aromatic carbocycles. The first-order chi connectivity index (χ1) is 18.4. The Hall–Kier alpha value is -3.36. The van der Waals surface area contributed by atoms with Gasteiger partial charge in [0.05, 0.1) is 10.6 Å². The number of sulfonamides is 1. The van der Waals surface area contributed by atoms with Crippen molar-refractivity contribution in [2.24, 2.45) is 5.92 Å². The zero-order valence-electron chi connectivity index (χ0n) is 23.0. The van der Waals surface area contributed by atoms with E-state index < -0.39 is 28.5 Å². The van der Waals surface area contributed by atoms with Crippen LogP contribution in [0, 0.1) is 19.8 Å². The molecule has 0 radical (unpaired) electrons. The molecule has 3 rings (SSSR count). The highest BCUT2D eigenvalue weighted by molar-refractivity contribution is 7.92. The highest BCUT2D eigenvalue weighted by Gasteiger charge is 2.33. The van der Waals surface area contributed by atoms with Gasteiger partial charge >= 0.3 is 0 Å². The van der Waals surface area contributed by atoms with Crippen LogP contribution in [0.25, 0.3) is 0 Å². The molecule has 0 heterocycles. The summed E-state index contributed by atoms with van der Waals surface area (Å²) in [4.78, 5) is 28.6. The second-order valence-electron chi connectivity index (χ2n) is 10.0. The number of aryl methyl sites for hydroxylation is 2. The van der Waals surface area contributed by atoms with Crippen LogP contribution in [0.5, 0.6) is 0 Å². The number of nitrogens with zero attached hydrogens (tertiary/aromatic N) is 2. The number of hydrogen-bond acceptors (Lipinski definition) is 4. The first kappa shape index (κ1) is 30.2. The molecular weight excluding hydrogens is 534 g/mol. The van der Waals surface area contributed by atoms with E-state index in [1.807, 2.05) is 45.0 Å². The smallest absolute Gasteiger partial charge is 0.264 e. The lowest BCUT2D eigenvalue weighted by atomic mass is 10.1. The number of benzene rings is 3. The molecule has 0 saturated heterocycles. The van der Waals surface area contributed by atoms with Crippen LogP contribution < -0.4 is 9.62 Å². The van der Waals surface area contributed by atoms with Crippen LogP contribution in [-0.2, 0) is 26.2 Å². The van der Waals surface area contributed by atoms with E-state index in [0.717, 1.165) is 15.4 Å². The Morgan fingerprint density at radius 1 is 0.897 bits per heavy atom. The lowest BCUT2D eigenvalue weighted by molar-refractivity contribution is -0.139. The first-order valence-corrected chi connectivity index (χ1v) is 14.7. The van der Waals surface area contributed by atoms with Crippen molar-refractivity contribution in [3.05, 3.63) is 94.5 Å². The Labute approximate surface area is 236 Å². The Kier molecular flexibility index (Phi) is 10.2. The summed E-state index contributed by atoms with van der Waals surface area (Å²) in [6.07, 6.45) is 0. The molecule has 9 heteroatoms. The average molecular weight is 570 g/mol. The number of amides is 2. The van der Waals surface area contributed by atoms with Crippen molar-refractivity contribution >= 4 is 39.1 Å². The van der Waals surface area contributed by atoms with Gasteiger partial charge in [0.2, 0.25) is 11.8 Å². The van der Waals surface area contributed by atoms with Crippen LogP contribution >= 0.6 is 11.6 Å². The summed E-state index contributed by atoms with van der Waals surface area (Å²) in [5, 5.41) is 3.24. The van der Waals surface area contributed by atoms with Crippen molar-refractivity contribution in [2.45, 2.75) is 52.1 Å². The SMILES string of the molecule is Cc1ccccc1CN(C(=O)CN(c1cc(Cl)ccc1C)S(=O)(=O)c1ccccc1)[C@@H](C)C(=O)NCC(C)C. The lowest BCUT2D eigenvalue weighted by Gasteiger charge is -2.33. The van der Waals surface area contributed by atoms with Gasteiger partial charge in [-0.1, -0.05) is 74.0 Å². The summed E-state index contributed by atoms with van der Waals surface area (Å²) in [6.45, 7) is 9.43. The molecule has 0 aromatic heterocycles. The summed E-state index contributed by atoms with van der Waals surface area (Å²) < 4.78 is 28.8. The molecule has 1 atom stereocenters. The van der Waals surface area contributed by atoms with Gasteiger partial charge < -0.3 is 10.2 Å². The van der Waals surface area contributed by atoms with Crippen LogP contribution in [0.1, 0.15) is 37.5 Å². The Balaban J connectivity index is 2.05. The van der Waals surface area contributed by atoms with Gasteiger partial charge in [-0.25, -0.2) is 8.42 Å². The third-order valence-corrected chi connectivity index (χ3v) is 8.51. The molecular formula is C30H36ClN3O4S. The quantitative estimate of drug-likeness (QED) is 0.338. The molecule has 3 aromatic rings. The maximum Gasteiger partial charge on any atom is 0.264 e. The minimum Gasteiger partial charge on any atom is -0.354 e. The zero-order valence-corrected chi connectivity index (χ0v) is 24.6. The minimum atomic E-state index is -4.14. The van der Waals surface area contributed by atoms with Gasteiger partial charge in [-0.05, 0) is 67.6 Å². The predicted octanol–water partition coefficient (Wildman–Crippen LogP) is 5.34. The maximum atomic E-state index is 14.0. The fraction of sp³-hybridized carbons (Fsp3) is 0.333. The molecule has 7 nitrogen and oxygen atoms in total. The van der Waals surface area contributed by atoms with Crippen LogP contribution in [0.15, 0.2) is 77.7 Å². The molecule has 39 heavy (non-hydrogen) atoms. The summed E-state index contributed by atoms with van der Waals surface area (Å²) in [6, 6.07) is 19.6. The molecule has 0 spiro atoms. The highest BCUT2D eigenvalue weighted by Crippen LogP contribution is 2.30. The monoisotopic (exact) mass is 569 g/mol. The highest BCUT2D eigenvalue weighted by atomic mass is 35.5. The Bertz CT molecular complexity index is 1410. The maximum absolute atomic E-state index is 14.0. The van der Waals surface area contributed by atoms with Crippen LogP contribution in [0.4, 0.5) is 5.69 Å².